The van der Waals surface area contributed by atoms with E-state index >= 15 is 0 Å². The number of ether oxygens (including phenoxy) is 1. The average Bonchev–Trinajstić information content (AvgIpc) is 2.64. The molecule has 1 aromatic rings. The Balaban J connectivity index is 2.64. The Labute approximate surface area is 95.0 Å². The smallest absolute Gasteiger partial charge is 0.244 e. The summed E-state index contributed by atoms with van der Waals surface area (Å²) in [7, 11) is 1.59. The number of hydrogen-bond donors (Lipinski definition) is 1. The second-order valence-corrected chi connectivity index (χ2v) is 3.96. The Bertz CT molecular complexity index is 348. The third-order valence-corrected chi connectivity index (χ3v) is 2.06. The fraction of sp³-hybridized carbons (Fsp3) is 0.700. The highest BCUT2D eigenvalue weighted by molar-refractivity contribution is 5.79. The van der Waals surface area contributed by atoms with Crippen LogP contribution in [0.15, 0.2) is 6.20 Å². The van der Waals surface area contributed by atoms with Gasteiger partial charge in [0, 0.05) is 13.2 Å². The summed E-state index contributed by atoms with van der Waals surface area (Å²) >= 11 is 0. The number of amides is 1. The Morgan fingerprint density at radius 3 is 2.81 bits per heavy atom. The molecule has 0 radical (unpaired) electrons. The second-order valence-electron chi connectivity index (χ2n) is 3.96. The molecule has 0 fully saturated rings. The van der Waals surface area contributed by atoms with E-state index in [-0.39, 0.29) is 18.0 Å². The first-order valence-corrected chi connectivity index (χ1v) is 5.24. The van der Waals surface area contributed by atoms with Crippen LogP contribution in [0.3, 0.4) is 0 Å². The van der Waals surface area contributed by atoms with Crippen LogP contribution in [0.25, 0.3) is 0 Å². The summed E-state index contributed by atoms with van der Waals surface area (Å²) in [4.78, 5) is 11.7. The second kappa shape index (κ2) is 5.60. The first-order chi connectivity index (χ1) is 7.54. The molecular weight excluding hydrogens is 208 g/mol. The molecule has 1 rings (SSSR count). The van der Waals surface area contributed by atoms with Gasteiger partial charge in [-0.2, -0.15) is 0 Å². The predicted molar refractivity (Wildman–Crippen MR) is 58.7 cm³/mol. The zero-order valence-electron chi connectivity index (χ0n) is 10.1. The molecule has 0 bridgehead atoms. The normalized spacial score (nSPS) is 12.8. The van der Waals surface area contributed by atoms with E-state index in [2.05, 4.69) is 15.6 Å². The minimum absolute atomic E-state index is 0.0659. The van der Waals surface area contributed by atoms with E-state index in [1.807, 2.05) is 13.8 Å². The molecule has 1 atom stereocenters. The lowest BCUT2D eigenvalue weighted by Crippen LogP contribution is -2.35. The number of carbonyl (C=O) groups is 1. The molecule has 6 heteroatoms. The molecule has 1 N–H and O–H groups in total. The number of rotatable bonds is 5. The molecule has 0 aliphatic rings. The molecule has 0 aliphatic heterocycles. The molecule has 6 nitrogen and oxygen atoms in total. The molecule has 16 heavy (non-hydrogen) atoms. The maximum atomic E-state index is 11.7. The van der Waals surface area contributed by atoms with Crippen LogP contribution in [0.2, 0.25) is 0 Å². The van der Waals surface area contributed by atoms with Crippen LogP contribution in [-0.2, 0) is 16.1 Å². The third-order valence-electron chi connectivity index (χ3n) is 2.06. The number of methoxy groups -OCH3 is 1. The lowest BCUT2D eigenvalue weighted by Gasteiger charge is -2.13. The lowest BCUT2D eigenvalue weighted by atomic mass is 10.3. The Morgan fingerprint density at radius 1 is 1.56 bits per heavy atom. The monoisotopic (exact) mass is 226 g/mol. The number of nitrogens with zero attached hydrogens (tertiary/aromatic N) is 3. The number of carbonyl (C=O) groups excluding carboxylic acids is 1. The highest BCUT2D eigenvalue weighted by Gasteiger charge is 2.17. The quantitative estimate of drug-likeness (QED) is 0.794. The average molecular weight is 226 g/mol. The van der Waals surface area contributed by atoms with E-state index in [1.54, 1.807) is 20.2 Å². The van der Waals surface area contributed by atoms with Crippen molar-refractivity contribution in [2.45, 2.75) is 39.5 Å². The van der Waals surface area contributed by atoms with Crippen molar-refractivity contribution in [3.05, 3.63) is 11.9 Å². The minimum Gasteiger partial charge on any atom is -0.378 e. The Morgan fingerprint density at radius 2 is 2.25 bits per heavy atom. The van der Waals surface area contributed by atoms with Crippen molar-refractivity contribution in [1.29, 1.82) is 0 Å². The largest absolute Gasteiger partial charge is 0.378 e. The molecule has 1 heterocycles. The van der Waals surface area contributed by atoms with Gasteiger partial charge in [-0.25, -0.2) is 4.68 Å². The van der Waals surface area contributed by atoms with Gasteiger partial charge in [0.25, 0.3) is 0 Å². The molecule has 0 aliphatic carbocycles. The maximum Gasteiger partial charge on any atom is 0.244 e. The molecule has 0 saturated carbocycles. The first-order valence-electron chi connectivity index (χ1n) is 5.24. The van der Waals surface area contributed by atoms with E-state index in [9.17, 15) is 4.79 Å². The number of hydrogen-bond acceptors (Lipinski definition) is 4. The summed E-state index contributed by atoms with van der Waals surface area (Å²) in [6.07, 6.45) is 1.72. The molecule has 1 amide bonds. The van der Waals surface area contributed by atoms with Crippen LogP contribution in [0.5, 0.6) is 0 Å². The molecule has 1 unspecified atom stereocenters. The van der Waals surface area contributed by atoms with Crippen LogP contribution in [-0.4, -0.2) is 34.1 Å². The van der Waals surface area contributed by atoms with Gasteiger partial charge in [0.1, 0.15) is 11.7 Å². The van der Waals surface area contributed by atoms with Gasteiger partial charge in [0.05, 0.1) is 12.8 Å². The maximum absolute atomic E-state index is 11.7. The lowest BCUT2D eigenvalue weighted by molar-refractivity contribution is -0.124. The van der Waals surface area contributed by atoms with Crippen molar-refractivity contribution in [3.63, 3.8) is 0 Å². The van der Waals surface area contributed by atoms with E-state index in [1.165, 1.54) is 4.68 Å². The summed E-state index contributed by atoms with van der Waals surface area (Å²) < 4.78 is 6.46. The molecule has 0 saturated heterocycles. The van der Waals surface area contributed by atoms with Gasteiger partial charge in [-0.1, -0.05) is 5.21 Å². The molecule has 90 valence electrons. The molecular formula is C10H18N4O2. The standard InChI is InChI=1S/C10H18N4O2/c1-7(2)11-10(15)8(3)14-5-9(6-16-4)12-13-14/h5,7-8H,6H2,1-4H3,(H,11,15). The summed E-state index contributed by atoms with van der Waals surface area (Å²) in [5, 5.41) is 10.6. The van der Waals surface area contributed by atoms with E-state index in [0.717, 1.165) is 0 Å². The topological polar surface area (TPSA) is 69.0 Å². The zero-order chi connectivity index (χ0) is 12.1. The van der Waals surface area contributed by atoms with Gasteiger partial charge in [-0.15, -0.1) is 5.10 Å². The van der Waals surface area contributed by atoms with Crippen molar-refractivity contribution in [3.8, 4) is 0 Å². The van der Waals surface area contributed by atoms with E-state index < -0.39 is 0 Å². The van der Waals surface area contributed by atoms with Gasteiger partial charge in [0.2, 0.25) is 5.91 Å². The van der Waals surface area contributed by atoms with Crippen molar-refractivity contribution in [1.82, 2.24) is 20.3 Å². The van der Waals surface area contributed by atoms with Crippen LogP contribution in [0.4, 0.5) is 0 Å². The van der Waals surface area contributed by atoms with Crippen molar-refractivity contribution in [2.24, 2.45) is 0 Å². The number of aromatic nitrogens is 3. The minimum atomic E-state index is -0.361. The third kappa shape index (κ3) is 3.30. The highest BCUT2D eigenvalue weighted by atomic mass is 16.5. The van der Waals surface area contributed by atoms with Crippen molar-refractivity contribution < 1.29 is 9.53 Å². The summed E-state index contributed by atoms with van der Waals surface area (Å²) in [6.45, 7) is 6.02. The van der Waals surface area contributed by atoms with Crippen LogP contribution in [0.1, 0.15) is 32.5 Å². The van der Waals surface area contributed by atoms with E-state index in [4.69, 9.17) is 4.74 Å². The van der Waals surface area contributed by atoms with Crippen LogP contribution < -0.4 is 5.32 Å². The fourth-order valence-corrected chi connectivity index (χ4v) is 1.24. The highest BCUT2D eigenvalue weighted by Crippen LogP contribution is 2.05. The SMILES string of the molecule is COCc1cn(C(C)C(=O)NC(C)C)nn1. The number of nitrogens with one attached hydrogen (secondary N) is 1. The zero-order valence-corrected chi connectivity index (χ0v) is 10.1. The first kappa shape index (κ1) is 12.6. The van der Waals surface area contributed by atoms with Crippen molar-refractivity contribution >= 4 is 5.91 Å². The fourth-order valence-electron chi connectivity index (χ4n) is 1.24. The summed E-state index contributed by atoms with van der Waals surface area (Å²) in [5.74, 6) is -0.0659. The van der Waals surface area contributed by atoms with E-state index in [0.29, 0.717) is 12.3 Å². The van der Waals surface area contributed by atoms with Crippen molar-refractivity contribution in [2.75, 3.05) is 7.11 Å². The molecule has 0 aromatic carbocycles. The van der Waals surface area contributed by atoms with Gasteiger partial charge in [-0.3, -0.25) is 4.79 Å². The van der Waals surface area contributed by atoms with Gasteiger partial charge >= 0.3 is 0 Å². The molecule has 1 aromatic heterocycles. The Kier molecular flexibility index (Phi) is 4.42. The van der Waals surface area contributed by atoms with Crippen LogP contribution in [0, 0.1) is 0 Å². The summed E-state index contributed by atoms with van der Waals surface area (Å²) in [6, 6.07) is -0.238. The van der Waals surface area contributed by atoms with Crippen LogP contribution >= 0.6 is 0 Å². The molecule has 0 spiro atoms. The van der Waals surface area contributed by atoms with Gasteiger partial charge in [-0.05, 0) is 20.8 Å². The predicted octanol–water partition coefficient (Wildman–Crippen LogP) is 0.510. The van der Waals surface area contributed by atoms with Gasteiger partial charge in [0.15, 0.2) is 0 Å². The Hall–Kier alpha value is -1.43. The summed E-state index contributed by atoms with van der Waals surface area (Å²) in [5.41, 5.74) is 0.715. The van der Waals surface area contributed by atoms with Gasteiger partial charge < -0.3 is 10.1 Å².